The van der Waals surface area contributed by atoms with Gasteiger partial charge in [-0.15, -0.1) is 0 Å². The summed E-state index contributed by atoms with van der Waals surface area (Å²) >= 11 is 0. The average Bonchev–Trinajstić information content (AvgIpc) is 2.02. The van der Waals surface area contributed by atoms with Crippen LogP contribution in [0.25, 0.3) is 0 Å². The van der Waals surface area contributed by atoms with Gasteiger partial charge in [0, 0.05) is 7.11 Å². The van der Waals surface area contributed by atoms with Crippen LogP contribution < -0.4 is 11.2 Å². The summed E-state index contributed by atoms with van der Waals surface area (Å²) in [7, 11) is 1.35. The molecule has 4 N–H and O–H groups in total. The molecule has 0 spiro atoms. The van der Waals surface area contributed by atoms with Crippen LogP contribution in [-0.2, 0) is 19.2 Å². The molecule has 0 aromatic carbocycles. The lowest BCUT2D eigenvalue weighted by Gasteiger charge is -2.11. The molecule has 0 aliphatic carbocycles. The first-order chi connectivity index (χ1) is 6.07. The van der Waals surface area contributed by atoms with Crippen molar-refractivity contribution in [3.05, 3.63) is 0 Å². The Morgan fingerprint density at radius 1 is 1.62 bits per heavy atom. The van der Waals surface area contributed by atoms with Gasteiger partial charge in [0.25, 0.3) is 0 Å². The number of hydrogen-bond acceptors (Lipinski definition) is 5. The smallest absolute Gasteiger partial charge is 0.325 e. The summed E-state index contributed by atoms with van der Waals surface area (Å²) in [6.07, 6.45) is 0. The number of primary amides is 1. The van der Waals surface area contributed by atoms with Gasteiger partial charge in [-0.2, -0.15) is 5.48 Å². The SMILES string of the molecule is COCC(NOCC(N)=O)C(=O)O. The molecule has 0 fully saturated rings. The minimum absolute atomic E-state index is 0.0614. The first-order valence-electron chi connectivity index (χ1n) is 3.45. The number of rotatable bonds is 7. The van der Waals surface area contributed by atoms with Crippen molar-refractivity contribution in [2.24, 2.45) is 5.73 Å². The first kappa shape index (κ1) is 11.8. The van der Waals surface area contributed by atoms with E-state index >= 15 is 0 Å². The first-order valence-corrected chi connectivity index (χ1v) is 3.45. The van der Waals surface area contributed by atoms with Crippen molar-refractivity contribution in [2.75, 3.05) is 20.3 Å². The standard InChI is InChI=1S/C6H12N2O5/c1-12-2-4(6(10)11)8-13-3-5(7)9/h4,8H,2-3H2,1H3,(H2,7,9)(H,10,11). The zero-order chi connectivity index (χ0) is 10.3. The number of carboxylic acids is 1. The van der Waals surface area contributed by atoms with Gasteiger partial charge in [0.15, 0.2) is 6.04 Å². The summed E-state index contributed by atoms with van der Waals surface area (Å²) in [5.41, 5.74) is 6.87. The van der Waals surface area contributed by atoms with Gasteiger partial charge < -0.3 is 15.6 Å². The maximum Gasteiger partial charge on any atom is 0.325 e. The fourth-order valence-electron chi connectivity index (χ4n) is 0.536. The van der Waals surface area contributed by atoms with E-state index in [0.29, 0.717) is 0 Å². The molecule has 0 bridgehead atoms. The topological polar surface area (TPSA) is 111 Å². The number of carbonyl (C=O) groups excluding carboxylic acids is 1. The molecule has 0 aromatic rings. The summed E-state index contributed by atoms with van der Waals surface area (Å²) in [4.78, 5) is 25.1. The highest BCUT2D eigenvalue weighted by Gasteiger charge is 2.16. The Bertz CT molecular complexity index is 184. The van der Waals surface area contributed by atoms with Crippen LogP contribution in [0.5, 0.6) is 0 Å². The van der Waals surface area contributed by atoms with E-state index in [1.807, 2.05) is 0 Å². The lowest BCUT2D eigenvalue weighted by molar-refractivity contribution is -0.148. The summed E-state index contributed by atoms with van der Waals surface area (Å²) in [6, 6.07) is -1.01. The molecule has 0 rings (SSSR count). The van der Waals surface area contributed by atoms with Gasteiger partial charge in [-0.1, -0.05) is 0 Å². The van der Waals surface area contributed by atoms with E-state index in [1.54, 1.807) is 0 Å². The maximum atomic E-state index is 10.4. The molecular weight excluding hydrogens is 180 g/mol. The second kappa shape index (κ2) is 6.35. The Morgan fingerprint density at radius 3 is 2.62 bits per heavy atom. The van der Waals surface area contributed by atoms with Gasteiger partial charge in [-0.05, 0) is 0 Å². The number of carboxylic acid groups (broad SMARTS) is 1. The Morgan fingerprint density at radius 2 is 2.23 bits per heavy atom. The predicted molar refractivity (Wildman–Crippen MR) is 41.6 cm³/mol. The van der Waals surface area contributed by atoms with Crippen LogP contribution >= 0.6 is 0 Å². The molecule has 1 unspecified atom stereocenters. The maximum absolute atomic E-state index is 10.4. The van der Waals surface area contributed by atoms with Crippen LogP contribution in [0.3, 0.4) is 0 Å². The minimum atomic E-state index is -1.13. The molecule has 7 nitrogen and oxygen atoms in total. The van der Waals surface area contributed by atoms with Gasteiger partial charge in [-0.25, -0.2) is 0 Å². The Kier molecular flexibility index (Phi) is 5.77. The molecule has 1 atom stereocenters. The Balaban J connectivity index is 3.69. The average molecular weight is 192 g/mol. The van der Waals surface area contributed by atoms with Crippen LogP contribution in [0.2, 0.25) is 0 Å². The van der Waals surface area contributed by atoms with Crippen molar-refractivity contribution in [1.82, 2.24) is 5.48 Å². The van der Waals surface area contributed by atoms with E-state index in [1.165, 1.54) is 7.11 Å². The molecule has 13 heavy (non-hydrogen) atoms. The molecule has 1 amide bonds. The molecule has 0 radical (unpaired) electrons. The zero-order valence-electron chi connectivity index (χ0n) is 7.15. The number of amides is 1. The normalized spacial score (nSPS) is 12.4. The van der Waals surface area contributed by atoms with E-state index in [9.17, 15) is 9.59 Å². The Labute approximate surface area is 74.8 Å². The molecule has 0 heterocycles. The van der Waals surface area contributed by atoms with Crippen molar-refractivity contribution in [1.29, 1.82) is 0 Å². The molecule has 0 aliphatic heterocycles. The molecule has 0 saturated carbocycles. The molecule has 0 aromatic heterocycles. The molecule has 76 valence electrons. The monoisotopic (exact) mass is 192 g/mol. The van der Waals surface area contributed by atoms with Gasteiger partial charge >= 0.3 is 5.97 Å². The highest BCUT2D eigenvalue weighted by Crippen LogP contribution is 1.85. The minimum Gasteiger partial charge on any atom is -0.480 e. The summed E-state index contributed by atoms with van der Waals surface area (Å²) in [5.74, 6) is -1.82. The summed E-state index contributed by atoms with van der Waals surface area (Å²) < 4.78 is 4.58. The number of aliphatic carboxylic acids is 1. The largest absolute Gasteiger partial charge is 0.480 e. The van der Waals surface area contributed by atoms with E-state index in [-0.39, 0.29) is 13.2 Å². The highest BCUT2D eigenvalue weighted by molar-refractivity contribution is 5.75. The van der Waals surface area contributed by atoms with Crippen molar-refractivity contribution >= 4 is 11.9 Å². The van der Waals surface area contributed by atoms with Crippen LogP contribution in [0.1, 0.15) is 0 Å². The zero-order valence-corrected chi connectivity index (χ0v) is 7.15. The molecule has 0 aliphatic rings. The molecule has 0 saturated heterocycles. The number of nitrogens with two attached hydrogens (primary N) is 1. The van der Waals surface area contributed by atoms with Crippen LogP contribution in [0.4, 0.5) is 0 Å². The second-order valence-electron chi connectivity index (χ2n) is 2.22. The third kappa shape index (κ3) is 6.02. The van der Waals surface area contributed by atoms with Crippen molar-refractivity contribution in [3.8, 4) is 0 Å². The highest BCUT2D eigenvalue weighted by atomic mass is 16.7. The van der Waals surface area contributed by atoms with E-state index in [4.69, 9.17) is 10.8 Å². The Hall–Kier alpha value is -1.18. The number of hydrogen-bond donors (Lipinski definition) is 3. The second-order valence-corrected chi connectivity index (χ2v) is 2.22. The van der Waals surface area contributed by atoms with E-state index in [2.05, 4.69) is 15.1 Å². The third-order valence-corrected chi connectivity index (χ3v) is 1.07. The summed E-state index contributed by atoms with van der Waals surface area (Å²) in [5, 5.41) is 8.53. The number of nitrogens with one attached hydrogen (secondary N) is 1. The lowest BCUT2D eigenvalue weighted by atomic mass is 10.3. The summed E-state index contributed by atoms with van der Waals surface area (Å²) in [6.45, 7) is -0.443. The van der Waals surface area contributed by atoms with Gasteiger partial charge in [0.2, 0.25) is 5.91 Å². The number of carbonyl (C=O) groups is 2. The number of hydroxylamine groups is 1. The van der Waals surface area contributed by atoms with Crippen molar-refractivity contribution in [2.45, 2.75) is 6.04 Å². The number of ether oxygens (including phenoxy) is 1. The van der Waals surface area contributed by atoms with Crippen molar-refractivity contribution < 1.29 is 24.3 Å². The predicted octanol–water partition coefficient (Wildman–Crippen LogP) is -1.91. The van der Waals surface area contributed by atoms with Crippen LogP contribution in [0, 0.1) is 0 Å². The van der Waals surface area contributed by atoms with E-state index < -0.39 is 17.9 Å². The fourth-order valence-corrected chi connectivity index (χ4v) is 0.536. The number of methoxy groups -OCH3 is 1. The molecular formula is C6H12N2O5. The van der Waals surface area contributed by atoms with E-state index in [0.717, 1.165) is 0 Å². The fraction of sp³-hybridized carbons (Fsp3) is 0.667. The van der Waals surface area contributed by atoms with Gasteiger partial charge in [0.1, 0.15) is 6.61 Å². The van der Waals surface area contributed by atoms with Gasteiger partial charge in [-0.3, -0.25) is 14.4 Å². The lowest BCUT2D eigenvalue weighted by Crippen LogP contribution is -2.41. The van der Waals surface area contributed by atoms with Crippen molar-refractivity contribution in [3.63, 3.8) is 0 Å². The van der Waals surface area contributed by atoms with Crippen LogP contribution in [0.15, 0.2) is 0 Å². The molecule has 7 heteroatoms. The van der Waals surface area contributed by atoms with Crippen LogP contribution in [-0.4, -0.2) is 43.3 Å². The third-order valence-electron chi connectivity index (χ3n) is 1.07. The van der Waals surface area contributed by atoms with Gasteiger partial charge in [0.05, 0.1) is 6.61 Å². The quantitative estimate of drug-likeness (QED) is 0.406.